The van der Waals surface area contributed by atoms with E-state index in [1.165, 1.54) is 16.8 Å². The van der Waals surface area contributed by atoms with Gasteiger partial charge in [-0.2, -0.15) is 0 Å². The van der Waals surface area contributed by atoms with Gasteiger partial charge in [0, 0.05) is 6.54 Å². The summed E-state index contributed by atoms with van der Waals surface area (Å²) in [6.07, 6.45) is 2.58. The number of rotatable bonds is 7. The summed E-state index contributed by atoms with van der Waals surface area (Å²) in [6.45, 7) is 4.35. The zero-order valence-electron chi connectivity index (χ0n) is 14.0. The van der Waals surface area contributed by atoms with Gasteiger partial charge in [-0.3, -0.25) is 9.10 Å². The topological polar surface area (TPSA) is 79.6 Å². The Morgan fingerprint density at radius 1 is 1.21 bits per heavy atom. The van der Waals surface area contributed by atoms with Crippen LogP contribution >= 0.6 is 0 Å². The number of nitrogens with zero attached hydrogens (tertiary/aromatic N) is 1. The summed E-state index contributed by atoms with van der Waals surface area (Å²) in [4.78, 5) is 11.9. The minimum Gasteiger partial charge on any atom is -0.459 e. The average molecular weight is 350 g/mol. The molecule has 1 aromatic carbocycles. The van der Waals surface area contributed by atoms with E-state index in [9.17, 15) is 13.2 Å². The summed E-state index contributed by atoms with van der Waals surface area (Å²) in [5.74, 6) is 0.0113. The largest absolute Gasteiger partial charge is 0.459 e. The average Bonchev–Trinajstić information content (AvgIpc) is 3.04. The van der Waals surface area contributed by atoms with Gasteiger partial charge in [-0.15, -0.1) is 0 Å². The minimum absolute atomic E-state index is 0.148. The van der Waals surface area contributed by atoms with Crippen LogP contribution in [0.4, 0.5) is 5.69 Å². The fourth-order valence-corrected chi connectivity index (χ4v) is 3.38. The summed E-state index contributed by atoms with van der Waals surface area (Å²) in [7, 11) is -3.47. The summed E-state index contributed by atoms with van der Waals surface area (Å²) in [5, 5.41) is 2.67. The maximum atomic E-state index is 12.2. The minimum atomic E-state index is -3.47. The highest BCUT2D eigenvalue weighted by atomic mass is 32.2. The first-order valence-corrected chi connectivity index (χ1v) is 9.54. The van der Waals surface area contributed by atoms with E-state index in [1.807, 2.05) is 26.0 Å². The van der Waals surface area contributed by atoms with Crippen LogP contribution in [0.1, 0.15) is 35.9 Å². The zero-order chi connectivity index (χ0) is 17.7. The molecule has 1 amide bonds. The van der Waals surface area contributed by atoms with Crippen molar-refractivity contribution in [2.45, 2.75) is 19.8 Å². The maximum Gasteiger partial charge on any atom is 0.287 e. The number of carbonyl (C=O) groups excluding carboxylic acids is 1. The van der Waals surface area contributed by atoms with Crippen LogP contribution in [-0.2, 0) is 10.0 Å². The lowest BCUT2D eigenvalue weighted by Crippen LogP contribution is -2.38. The van der Waals surface area contributed by atoms with Crippen LogP contribution in [0.3, 0.4) is 0 Å². The molecule has 2 rings (SSSR count). The van der Waals surface area contributed by atoms with Crippen LogP contribution < -0.4 is 9.62 Å². The predicted molar refractivity (Wildman–Crippen MR) is 93.8 cm³/mol. The molecule has 0 saturated heterocycles. The van der Waals surface area contributed by atoms with E-state index in [1.54, 1.807) is 24.3 Å². The third-order valence-corrected chi connectivity index (χ3v) is 4.75. The first kappa shape index (κ1) is 18.1. The van der Waals surface area contributed by atoms with Crippen molar-refractivity contribution in [2.24, 2.45) is 0 Å². The van der Waals surface area contributed by atoms with Crippen LogP contribution in [0.25, 0.3) is 0 Å². The molecule has 24 heavy (non-hydrogen) atoms. The van der Waals surface area contributed by atoms with E-state index in [4.69, 9.17) is 4.42 Å². The molecule has 1 aromatic heterocycles. The Balaban J connectivity index is 2.15. The lowest BCUT2D eigenvalue weighted by atomic mass is 10.0. The van der Waals surface area contributed by atoms with Gasteiger partial charge in [0.05, 0.1) is 24.8 Å². The normalized spacial score (nSPS) is 11.5. The van der Waals surface area contributed by atoms with Crippen molar-refractivity contribution in [1.82, 2.24) is 5.32 Å². The van der Waals surface area contributed by atoms with Crippen molar-refractivity contribution in [3.8, 4) is 0 Å². The lowest BCUT2D eigenvalue weighted by molar-refractivity contribution is 0.0927. The second-order valence-corrected chi connectivity index (χ2v) is 7.69. The highest BCUT2D eigenvalue weighted by molar-refractivity contribution is 7.92. The molecule has 0 atom stereocenters. The van der Waals surface area contributed by atoms with E-state index in [0.29, 0.717) is 5.69 Å². The smallest absolute Gasteiger partial charge is 0.287 e. The third-order valence-electron chi connectivity index (χ3n) is 3.57. The number of hydrogen-bond donors (Lipinski definition) is 1. The Hall–Kier alpha value is -2.28. The third kappa shape index (κ3) is 4.38. The van der Waals surface area contributed by atoms with Gasteiger partial charge in [-0.25, -0.2) is 8.42 Å². The van der Waals surface area contributed by atoms with Crippen molar-refractivity contribution < 1.29 is 17.6 Å². The van der Waals surface area contributed by atoms with E-state index in [-0.39, 0.29) is 30.7 Å². The van der Waals surface area contributed by atoms with E-state index in [2.05, 4.69) is 5.32 Å². The molecule has 0 bridgehead atoms. The van der Waals surface area contributed by atoms with Crippen molar-refractivity contribution in [2.75, 3.05) is 23.7 Å². The lowest BCUT2D eigenvalue weighted by Gasteiger charge is -2.26. The molecule has 0 spiro atoms. The molecule has 6 nitrogen and oxygen atoms in total. The molecule has 0 saturated carbocycles. The first-order chi connectivity index (χ1) is 11.3. The Morgan fingerprint density at radius 2 is 1.92 bits per heavy atom. The van der Waals surface area contributed by atoms with Gasteiger partial charge in [0.25, 0.3) is 5.91 Å². The van der Waals surface area contributed by atoms with Gasteiger partial charge in [-0.1, -0.05) is 32.0 Å². The Morgan fingerprint density at radius 3 is 2.50 bits per heavy atom. The summed E-state index contributed by atoms with van der Waals surface area (Å²) >= 11 is 0. The number of sulfonamides is 1. The number of benzene rings is 1. The number of nitrogens with one attached hydrogen (secondary N) is 1. The van der Waals surface area contributed by atoms with Crippen molar-refractivity contribution in [1.29, 1.82) is 0 Å². The van der Waals surface area contributed by atoms with Crippen LogP contribution in [0.5, 0.6) is 0 Å². The monoisotopic (exact) mass is 350 g/mol. The number of hydrogen-bond acceptors (Lipinski definition) is 4. The molecule has 0 fully saturated rings. The van der Waals surface area contributed by atoms with Gasteiger partial charge < -0.3 is 9.73 Å². The van der Waals surface area contributed by atoms with Crippen LogP contribution in [0, 0.1) is 0 Å². The number of anilines is 1. The molecular weight excluding hydrogens is 328 g/mol. The summed E-state index contributed by atoms with van der Waals surface area (Å²) in [6, 6.07) is 10.6. The van der Waals surface area contributed by atoms with Gasteiger partial charge in [0.1, 0.15) is 0 Å². The van der Waals surface area contributed by atoms with E-state index < -0.39 is 10.0 Å². The van der Waals surface area contributed by atoms with Crippen molar-refractivity contribution >= 4 is 21.6 Å². The quantitative estimate of drug-likeness (QED) is 0.832. The van der Waals surface area contributed by atoms with Gasteiger partial charge in [0.15, 0.2) is 5.76 Å². The summed E-state index contributed by atoms with van der Waals surface area (Å²) < 4.78 is 30.7. The highest BCUT2D eigenvalue weighted by Gasteiger charge is 2.21. The second-order valence-electron chi connectivity index (χ2n) is 5.78. The summed E-state index contributed by atoms with van der Waals surface area (Å²) in [5.41, 5.74) is 1.59. The molecule has 7 heteroatoms. The fourth-order valence-electron chi connectivity index (χ4n) is 2.43. The number of amides is 1. The van der Waals surface area contributed by atoms with E-state index in [0.717, 1.165) is 5.56 Å². The maximum absolute atomic E-state index is 12.2. The fraction of sp³-hybridized carbons (Fsp3) is 0.353. The molecule has 0 aliphatic heterocycles. The Kier molecular flexibility index (Phi) is 5.66. The van der Waals surface area contributed by atoms with E-state index >= 15 is 0 Å². The molecule has 130 valence electrons. The van der Waals surface area contributed by atoms with Crippen LogP contribution in [-0.4, -0.2) is 33.7 Å². The molecule has 0 aliphatic rings. The molecule has 0 aliphatic carbocycles. The standard InChI is InChI=1S/C17H22N2O4S/c1-13(2)14-7-4-5-8-15(14)19(24(3,21)22)11-10-18-17(20)16-9-6-12-23-16/h4-9,12-13H,10-11H2,1-3H3,(H,18,20). The van der Waals surface area contributed by atoms with Crippen molar-refractivity contribution in [3.05, 3.63) is 54.0 Å². The predicted octanol–water partition coefficient (Wildman–Crippen LogP) is 2.60. The Labute approximate surface area is 142 Å². The van der Waals surface area contributed by atoms with Crippen molar-refractivity contribution in [3.63, 3.8) is 0 Å². The van der Waals surface area contributed by atoms with Gasteiger partial charge >= 0.3 is 0 Å². The second kappa shape index (κ2) is 7.53. The molecule has 2 aromatic rings. The molecule has 0 unspecified atom stereocenters. The molecule has 1 heterocycles. The highest BCUT2D eigenvalue weighted by Crippen LogP contribution is 2.28. The first-order valence-electron chi connectivity index (χ1n) is 7.69. The zero-order valence-corrected chi connectivity index (χ0v) is 14.8. The molecule has 1 N–H and O–H groups in total. The number of para-hydroxylation sites is 1. The Bertz CT molecular complexity index is 783. The van der Waals surface area contributed by atoms with Gasteiger partial charge in [0.2, 0.25) is 10.0 Å². The number of furan rings is 1. The molecular formula is C17H22N2O4S. The van der Waals surface area contributed by atoms with Gasteiger partial charge in [-0.05, 0) is 29.7 Å². The molecule has 0 radical (unpaired) electrons. The number of carbonyl (C=O) groups is 1. The van der Waals surface area contributed by atoms with Crippen LogP contribution in [0.15, 0.2) is 47.1 Å². The SMILES string of the molecule is CC(C)c1ccccc1N(CCNC(=O)c1ccco1)S(C)(=O)=O. The van der Waals surface area contributed by atoms with Crippen LogP contribution in [0.2, 0.25) is 0 Å².